The Bertz CT molecular complexity index is 877. The van der Waals surface area contributed by atoms with Crippen molar-refractivity contribution in [3.8, 4) is 5.75 Å². The van der Waals surface area contributed by atoms with E-state index in [2.05, 4.69) is 4.99 Å². The first-order valence-electron chi connectivity index (χ1n) is 6.75. The van der Waals surface area contributed by atoms with E-state index < -0.39 is 22.3 Å². The predicted octanol–water partition coefficient (Wildman–Crippen LogP) is 3.39. The monoisotopic (exact) mass is 347 g/mol. The molecule has 124 valence electrons. The van der Waals surface area contributed by atoms with Crippen molar-refractivity contribution in [3.05, 3.63) is 61.7 Å². The fourth-order valence-electron chi connectivity index (χ4n) is 2.21. The molecule has 24 heavy (non-hydrogen) atoms. The van der Waals surface area contributed by atoms with Crippen LogP contribution >= 0.6 is 11.6 Å². The highest BCUT2D eigenvalue weighted by atomic mass is 35.5. The number of halogens is 1. The minimum absolute atomic E-state index is 0.00183. The van der Waals surface area contributed by atoms with E-state index in [1.807, 2.05) is 0 Å². The quantitative estimate of drug-likeness (QED) is 0.517. The van der Waals surface area contributed by atoms with Crippen LogP contribution in [0.1, 0.15) is 27.0 Å². The van der Waals surface area contributed by atoms with Crippen LogP contribution in [-0.4, -0.2) is 22.2 Å². The second-order valence-corrected chi connectivity index (χ2v) is 5.40. The Morgan fingerprint density at radius 1 is 1.33 bits per heavy atom. The van der Waals surface area contributed by atoms with Crippen LogP contribution in [0.15, 0.2) is 29.3 Å². The fraction of sp³-hybridized carbons (Fsp3) is 0.125. The summed E-state index contributed by atoms with van der Waals surface area (Å²) in [7, 11) is 0. The first-order valence-corrected chi connectivity index (χ1v) is 7.13. The molecule has 2 rings (SSSR count). The number of nitro groups is 1. The minimum atomic E-state index is -1.11. The summed E-state index contributed by atoms with van der Waals surface area (Å²) in [6, 6.07) is 5.78. The van der Waals surface area contributed by atoms with Crippen LogP contribution in [0.4, 0.5) is 11.4 Å². The Kier molecular flexibility index (Phi) is 4.85. The number of rotatable bonds is 4. The molecule has 0 spiro atoms. The highest BCUT2D eigenvalue weighted by Crippen LogP contribution is 2.38. The van der Waals surface area contributed by atoms with Crippen molar-refractivity contribution in [1.29, 1.82) is 0 Å². The number of nitro benzene ring substituents is 1. The number of carboxylic acid groups (broad SMARTS) is 1. The summed E-state index contributed by atoms with van der Waals surface area (Å²) in [5.74, 6) is -1.89. The molecule has 0 aromatic heterocycles. The number of hydrogen-bond acceptors (Lipinski definition) is 5. The molecule has 0 atom stereocenters. The van der Waals surface area contributed by atoms with Gasteiger partial charge in [0, 0.05) is 11.8 Å². The maximum absolute atomic E-state index is 12.3. The smallest absolute Gasteiger partial charge is 0.335 e. The molecular weight excluding hydrogens is 336 g/mol. The Labute approximate surface area is 142 Å². The van der Waals surface area contributed by atoms with Gasteiger partial charge in [-0.2, -0.15) is 0 Å². The standard InChI is InChI=1S/C16H13ClN2O5/c1-8-12(15(20)14(19(23)24)9(2)13(8)17)7-18-11-5-3-4-10(6-11)16(21)22/h3-7,20H,1-2H3,(H,21,22)/p-1. The number of nitrogens with zero attached hydrogens (tertiary/aromatic N) is 2. The third kappa shape index (κ3) is 3.21. The molecule has 0 heterocycles. The lowest BCUT2D eigenvalue weighted by molar-refractivity contribution is -0.398. The molecule has 0 aliphatic rings. The topological polar surface area (TPSA) is 116 Å². The van der Waals surface area contributed by atoms with Gasteiger partial charge in [0.2, 0.25) is 0 Å². The number of hydrogen-bond donors (Lipinski definition) is 1. The van der Waals surface area contributed by atoms with E-state index in [1.165, 1.54) is 25.1 Å². The van der Waals surface area contributed by atoms with Gasteiger partial charge in [0.05, 0.1) is 21.2 Å². The number of aliphatic imine (C=N–C) groups is 1. The van der Waals surface area contributed by atoms with Crippen molar-refractivity contribution >= 4 is 35.2 Å². The predicted molar refractivity (Wildman–Crippen MR) is 87.7 cm³/mol. The first-order chi connectivity index (χ1) is 11.2. The summed E-state index contributed by atoms with van der Waals surface area (Å²) < 4.78 is 0. The maximum Gasteiger partial charge on any atom is 0.335 e. The van der Waals surface area contributed by atoms with Gasteiger partial charge in [0.1, 0.15) is 0 Å². The fourth-order valence-corrected chi connectivity index (χ4v) is 2.40. The van der Waals surface area contributed by atoms with Gasteiger partial charge in [-0.1, -0.05) is 17.7 Å². The van der Waals surface area contributed by atoms with Gasteiger partial charge in [-0.05, 0) is 48.9 Å². The maximum atomic E-state index is 12.3. The van der Waals surface area contributed by atoms with Gasteiger partial charge in [-0.25, -0.2) is 4.79 Å². The van der Waals surface area contributed by atoms with Gasteiger partial charge in [0.15, 0.2) is 0 Å². The van der Waals surface area contributed by atoms with E-state index in [0.717, 1.165) is 6.21 Å². The second-order valence-electron chi connectivity index (χ2n) is 5.03. The lowest BCUT2D eigenvalue weighted by Gasteiger charge is -2.17. The average molecular weight is 348 g/mol. The third-order valence-corrected chi connectivity index (χ3v) is 4.06. The second kappa shape index (κ2) is 6.67. The van der Waals surface area contributed by atoms with Gasteiger partial charge in [0.25, 0.3) is 5.69 Å². The zero-order valence-corrected chi connectivity index (χ0v) is 13.5. The summed E-state index contributed by atoms with van der Waals surface area (Å²) >= 11 is 6.07. The van der Waals surface area contributed by atoms with E-state index in [1.54, 1.807) is 13.0 Å². The summed E-state index contributed by atoms with van der Waals surface area (Å²) in [6.45, 7) is 2.97. The molecule has 0 aliphatic carbocycles. The van der Waals surface area contributed by atoms with Crippen LogP contribution in [0.5, 0.6) is 5.75 Å². The molecule has 0 fully saturated rings. The number of carboxylic acids is 1. The summed E-state index contributed by atoms with van der Waals surface area (Å²) in [5.41, 5.74) is 0.228. The zero-order chi connectivity index (χ0) is 18.0. The molecule has 2 aromatic rings. The lowest BCUT2D eigenvalue weighted by atomic mass is 10.0. The molecule has 0 unspecified atom stereocenters. The van der Waals surface area contributed by atoms with Crippen molar-refractivity contribution in [3.63, 3.8) is 0 Å². The molecule has 0 radical (unpaired) electrons. The summed E-state index contributed by atoms with van der Waals surface area (Å²) in [5, 5.41) is 32.5. The number of benzene rings is 2. The molecular formula is C16H12ClN2O5-. The molecule has 1 N–H and O–H groups in total. The van der Waals surface area contributed by atoms with Crippen molar-refractivity contribution < 1.29 is 19.9 Å². The molecule has 0 saturated heterocycles. The normalized spacial score (nSPS) is 11.0. The summed E-state index contributed by atoms with van der Waals surface area (Å²) in [6.07, 6.45) is 1.16. The van der Waals surface area contributed by atoms with E-state index in [-0.39, 0.29) is 21.7 Å². The summed E-state index contributed by atoms with van der Waals surface area (Å²) in [4.78, 5) is 25.3. The Balaban J connectivity index is 2.56. The van der Waals surface area contributed by atoms with Crippen molar-refractivity contribution in [2.45, 2.75) is 13.8 Å². The van der Waals surface area contributed by atoms with Crippen molar-refractivity contribution in [2.75, 3.05) is 0 Å². The Hall–Kier alpha value is -2.93. The van der Waals surface area contributed by atoms with Crippen LogP contribution in [0.25, 0.3) is 0 Å². The molecule has 7 nitrogen and oxygen atoms in total. The molecule has 0 saturated carbocycles. The average Bonchev–Trinajstić information content (AvgIpc) is 2.52. The van der Waals surface area contributed by atoms with Crippen LogP contribution in [-0.2, 0) is 0 Å². The molecule has 2 aromatic carbocycles. The zero-order valence-electron chi connectivity index (χ0n) is 12.7. The first kappa shape index (κ1) is 17.4. The van der Waals surface area contributed by atoms with E-state index in [9.17, 15) is 20.0 Å². The molecule has 0 bridgehead atoms. The molecule has 8 heteroatoms. The molecule has 0 aliphatic heterocycles. The van der Waals surface area contributed by atoms with Crippen LogP contribution in [0, 0.1) is 24.0 Å². The van der Waals surface area contributed by atoms with E-state index in [0.29, 0.717) is 11.3 Å². The molecule has 0 amide bonds. The lowest BCUT2D eigenvalue weighted by Crippen LogP contribution is -2.07. The van der Waals surface area contributed by atoms with Gasteiger partial charge >= 0.3 is 5.97 Å². The van der Waals surface area contributed by atoms with Gasteiger partial charge < -0.3 is 10.2 Å². The largest absolute Gasteiger partial charge is 0.867 e. The SMILES string of the molecule is Cc1c(Cl)c(C)c([N+](=O)[O-])c([O-])c1C=Nc1cccc(C(=O)O)c1. The van der Waals surface area contributed by atoms with Crippen LogP contribution in [0.3, 0.4) is 0 Å². The number of aromatic carboxylic acids is 1. The van der Waals surface area contributed by atoms with Gasteiger partial charge in [-0.3, -0.25) is 15.1 Å². The van der Waals surface area contributed by atoms with Crippen molar-refractivity contribution in [2.24, 2.45) is 4.99 Å². The Morgan fingerprint density at radius 2 is 2.00 bits per heavy atom. The van der Waals surface area contributed by atoms with Crippen LogP contribution in [0.2, 0.25) is 5.02 Å². The minimum Gasteiger partial charge on any atom is -0.867 e. The number of carbonyl (C=O) groups is 1. The highest BCUT2D eigenvalue weighted by molar-refractivity contribution is 6.33. The van der Waals surface area contributed by atoms with Crippen molar-refractivity contribution in [1.82, 2.24) is 0 Å². The third-order valence-electron chi connectivity index (χ3n) is 3.50. The van der Waals surface area contributed by atoms with Crippen LogP contribution < -0.4 is 5.11 Å². The highest BCUT2D eigenvalue weighted by Gasteiger charge is 2.20. The van der Waals surface area contributed by atoms with E-state index >= 15 is 0 Å². The Morgan fingerprint density at radius 3 is 2.58 bits per heavy atom. The van der Waals surface area contributed by atoms with Gasteiger partial charge in [-0.15, -0.1) is 0 Å². The van der Waals surface area contributed by atoms with E-state index in [4.69, 9.17) is 16.7 Å².